The van der Waals surface area contributed by atoms with Crippen molar-refractivity contribution >= 4 is 45.2 Å². The van der Waals surface area contributed by atoms with Gasteiger partial charge in [-0.3, -0.25) is 14.9 Å². The Morgan fingerprint density at radius 1 is 0.903 bits per heavy atom. The van der Waals surface area contributed by atoms with E-state index in [1.54, 1.807) is 6.07 Å². The highest BCUT2D eigenvalue weighted by molar-refractivity contribution is 6.36. The van der Waals surface area contributed by atoms with Gasteiger partial charge in [-0.1, -0.05) is 41.9 Å². The van der Waals surface area contributed by atoms with Crippen molar-refractivity contribution in [2.24, 2.45) is 0 Å². The molecule has 4 aromatic rings. The zero-order chi connectivity index (χ0) is 21.5. The summed E-state index contributed by atoms with van der Waals surface area (Å²) in [6.45, 7) is 1.01. The first-order chi connectivity index (χ1) is 15.1. The fourth-order valence-electron chi connectivity index (χ4n) is 4.49. The maximum Gasteiger partial charge on any atom is 0.259 e. The third kappa shape index (κ3) is 3.30. The first-order valence-electron chi connectivity index (χ1n) is 10.4. The summed E-state index contributed by atoms with van der Waals surface area (Å²) in [7, 11) is 1.97. The number of unbranched alkanes of at least 4 members (excludes halogenated alkanes) is 1. The van der Waals surface area contributed by atoms with Crippen LogP contribution >= 0.6 is 11.6 Å². The Morgan fingerprint density at radius 2 is 1.71 bits per heavy atom. The molecule has 156 valence electrons. The molecular formula is C25H22ClN3O2. The Balaban J connectivity index is 1.70. The molecule has 0 unspecified atom stereocenters. The van der Waals surface area contributed by atoms with E-state index in [9.17, 15) is 9.59 Å². The Kier molecular flexibility index (Phi) is 5.00. The van der Waals surface area contributed by atoms with Gasteiger partial charge in [0.15, 0.2) is 0 Å². The van der Waals surface area contributed by atoms with Gasteiger partial charge in [-0.05, 0) is 62.2 Å². The quantitative estimate of drug-likeness (QED) is 0.295. The number of aromatic amines is 1. The van der Waals surface area contributed by atoms with Gasteiger partial charge in [-0.25, -0.2) is 0 Å². The van der Waals surface area contributed by atoms with Crippen LogP contribution in [0.3, 0.4) is 0 Å². The average Bonchev–Trinajstić information content (AvgIpc) is 3.27. The van der Waals surface area contributed by atoms with Gasteiger partial charge >= 0.3 is 0 Å². The van der Waals surface area contributed by atoms with Crippen molar-refractivity contribution in [1.82, 2.24) is 15.6 Å². The molecule has 0 radical (unpaired) electrons. The van der Waals surface area contributed by atoms with Crippen LogP contribution in [0, 0.1) is 0 Å². The fraction of sp³-hybridized carbons (Fsp3) is 0.200. The molecule has 0 saturated carbocycles. The van der Waals surface area contributed by atoms with Gasteiger partial charge in [-0.15, -0.1) is 0 Å². The van der Waals surface area contributed by atoms with Gasteiger partial charge in [0.1, 0.15) is 0 Å². The minimum absolute atomic E-state index is 0.365. The zero-order valence-corrected chi connectivity index (χ0v) is 17.9. The number of imide groups is 1. The van der Waals surface area contributed by atoms with Gasteiger partial charge in [-0.2, -0.15) is 0 Å². The number of amides is 2. The van der Waals surface area contributed by atoms with E-state index in [2.05, 4.69) is 27.8 Å². The Hall–Kier alpha value is -3.15. The van der Waals surface area contributed by atoms with Crippen molar-refractivity contribution in [3.63, 3.8) is 0 Å². The molecule has 0 fully saturated rings. The van der Waals surface area contributed by atoms with Crippen LogP contribution in [-0.2, 0) is 6.42 Å². The second-order valence-corrected chi connectivity index (χ2v) is 8.33. The normalized spacial score (nSPS) is 13.2. The average molecular weight is 432 g/mol. The highest BCUT2D eigenvalue weighted by atomic mass is 35.5. The van der Waals surface area contributed by atoms with E-state index >= 15 is 0 Å². The number of hydrogen-bond donors (Lipinski definition) is 3. The van der Waals surface area contributed by atoms with Gasteiger partial charge in [0.2, 0.25) is 0 Å². The molecule has 2 heterocycles. The third-order valence-electron chi connectivity index (χ3n) is 5.94. The Bertz CT molecular complexity index is 1360. The summed E-state index contributed by atoms with van der Waals surface area (Å²) in [5.41, 5.74) is 5.24. The van der Waals surface area contributed by atoms with Crippen LogP contribution in [0.2, 0.25) is 5.02 Å². The maximum atomic E-state index is 12.8. The molecule has 2 amide bonds. The van der Waals surface area contributed by atoms with E-state index in [4.69, 9.17) is 11.6 Å². The standard InChI is InChI=1S/C25H22ClN3O2/c1-27-11-5-4-6-14-9-10-16-19(12-14)28-20-13-17(15-7-2-3-8-18(15)26)22-23(21(16)20)25(31)29-24(22)30/h2-3,7-10,12-13,27-28H,4-6,11H2,1H3,(H,29,30,31). The minimum Gasteiger partial charge on any atom is -0.354 e. The van der Waals surface area contributed by atoms with Crippen LogP contribution in [0.1, 0.15) is 39.1 Å². The van der Waals surface area contributed by atoms with Gasteiger partial charge < -0.3 is 10.3 Å². The van der Waals surface area contributed by atoms with E-state index in [0.717, 1.165) is 53.2 Å². The number of hydrogen-bond acceptors (Lipinski definition) is 3. The maximum absolute atomic E-state index is 12.8. The Morgan fingerprint density at radius 3 is 2.52 bits per heavy atom. The molecule has 6 heteroatoms. The van der Waals surface area contributed by atoms with Crippen LogP contribution in [0.15, 0.2) is 48.5 Å². The lowest BCUT2D eigenvalue weighted by Crippen LogP contribution is -2.20. The first kappa shape index (κ1) is 19.8. The Labute approximate surface area is 184 Å². The molecule has 5 rings (SSSR count). The van der Waals surface area contributed by atoms with Crippen LogP contribution in [0.5, 0.6) is 0 Å². The van der Waals surface area contributed by atoms with Gasteiger partial charge in [0.25, 0.3) is 11.8 Å². The van der Waals surface area contributed by atoms with Crippen LogP contribution in [0.4, 0.5) is 0 Å². The SMILES string of the molecule is CNCCCCc1ccc2c(c1)[nH]c1cc(-c3ccccc3Cl)c3c(c12)C(=O)NC3=O. The molecule has 1 aliphatic rings. The minimum atomic E-state index is -0.382. The molecule has 0 saturated heterocycles. The summed E-state index contributed by atoms with van der Waals surface area (Å²) >= 11 is 6.43. The van der Waals surface area contributed by atoms with E-state index in [1.165, 1.54) is 5.56 Å². The topological polar surface area (TPSA) is 74.0 Å². The van der Waals surface area contributed by atoms with Crippen molar-refractivity contribution in [3.05, 3.63) is 70.2 Å². The van der Waals surface area contributed by atoms with Crippen LogP contribution in [-0.4, -0.2) is 30.4 Å². The van der Waals surface area contributed by atoms with Crippen molar-refractivity contribution in [1.29, 1.82) is 0 Å². The molecule has 0 atom stereocenters. The smallest absolute Gasteiger partial charge is 0.259 e. The van der Waals surface area contributed by atoms with Crippen LogP contribution < -0.4 is 10.6 Å². The summed E-state index contributed by atoms with van der Waals surface area (Å²) in [5, 5.41) is 7.91. The lowest BCUT2D eigenvalue weighted by molar-refractivity contribution is 0.0880. The van der Waals surface area contributed by atoms with Gasteiger partial charge in [0.05, 0.1) is 11.1 Å². The summed E-state index contributed by atoms with van der Waals surface area (Å²) in [5.74, 6) is -0.747. The molecular weight excluding hydrogens is 410 g/mol. The van der Waals surface area contributed by atoms with Crippen molar-refractivity contribution < 1.29 is 9.59 Å². The molecule has 1 aromatic heterocycles. The molecule has 3 N–H and O–H groups in total. The number of aryl methyl sites for hydroxylation is 1. The zero-order valence-electron chi connectivity index (χ0n) is 17.1. The number of carbonyl (C=O) groups is 2. The highest BCUT2D eigenvalue weighted by Crippen LogP contribution is 2.40. The number of halogens is 1. The predicted octanol–water partition coefficient (Wildman–Crippen LogP) is 5.07. The molecule has 0 aliphatic carbocycles. The summed E-state index contributed by atoms with van der Waals surface area (Å²) < 4.78 is 0. The summed E-state index contributed by atoms with van der Waals surface area (Å²) in [6.07, 6.45) is 3.22. The largest absolute Gasteiger partial charge is 0.354 e. The predicted molar refractivity (Wildman–Crippen MR) is 125 cm³/mol. The third-order valence-corrected chi connectivity index (χ3v) is 6.27. The first-order valence-corrected chi connectivity index (χ1v) is 10.8. The lowest BCUT2D eigenvalue weighted by atomic mass is 9.92. The molecule has 1 aliphatic heterocycles. The molecule has 0 spiro atoms. The fourth-order valence-corrected chi connectivity index (χ4v) is 4.73. The number of fused-ring (bicyclic) bond motifs is 5. The second kappa shape index (κ2) is 7.84. The second-order valence-electron chi connectivity index (χ2n) is 7.93. The number of aromatic nitrogens is 1. The van der Waals surface area contributed by atoms with Gasteiger partial charge in [0, 0.05) is 32.4 Å². The molecule has 5 nitrogen and oxygen atoms in total. The molecule has 3 aromatic carbocycles. The highest BCUT2D eigenvalue weighted by Gasteiger charge is 2.34. The van der Waals surface area contributed by atoms with E-state index in [0.29, 0.717) is 21.7 Å². The van der Waals surface area contributed by atoms with Crippen molar-refractivity contribution in [2.45, 2.75) is 19.3 Å². The van der Waals surface area contributed by atoms with Crippen molar-refractivity contribution in [2.75, 3.05) is 13.6 Å². The molecule has 31 heavy (non-hydrogen) atoms. The lowest BCUT2D eigenvalue weighted by Gasteiger charge is -2.09. The number of H-pyrrole nitrogens is 1. The number of nitrogens with one attached hydrogen (secondary N) is 3. The monoisotopic (exact) mass is 431 g/mol. The van der Waals surface area contributed by atoms with Crippen LogP contribution in [0.25, 0.3) is 32.9 Å². The number of benzene rings is 3. The number of carbonyl (C=O) groups excluding carboxylic acids is 2. The van der Waals surface area contributed by atoms with E-state index in [1.807, 2.05) is 37.4 Å². The van der Waals surface area contributed by atoms with E-state index < -0.39 is 0 Å². The summed E-state index contributed by atoms with van der Waals surface area (Å²) in [6, 6.07) is 15.6. The molecule has 0 bridgehead atoms. The summed E-state index contributed by atoms with van der Waals surface area (Å²) in [4.78, 5) is 29.0. The van der Waals surface area contributed by atoms with Crippen molar-refractivity contribution in [3.8, 4) is 11.1 Å². The van der Waals surface area contributed by atoms with E-state index in [-0.39, 0.29) is 11.8 Å². The number of rotatable bonds is 6.